The third-order valence-corrected chi connectivity index (χ3v) is 7.12. The predicted octanol–water partition coefficient (Wildman–Crippen LogP) is 6.73. The highest BCUT2D eigenvalue weighted by Crippen LogP contribution is 2.45. The molecule has 3 aromatic rings. The summed E-state index contributed by atoms with van der Waals surface area (Å²) in [6.45, 7) is 1.97. The van der Waals surface area contributed by atoms with Crippen molar-refractivity contribution in [1.82, 2.24) is 0 Å². The molecular formula is C24H21Cl2N3O3S. The van der Waals surface area contributed by atoms with E-state index in [0.717, 1.165) is 16.8 Å². The molecule has 170 valence electrons. The Kier molecular flexibility index (Phi) is 7.02. The zero-order chi connectivity index (χ0) is 23.5. The van der Waals surface area contributed by atoms with Gasteiger partial charge in [-0.1, -0.05) is 47.5 Å². The number of carbonyl (C=O) groups excluding carboxylic acids is 2. The maximum Gasteiger partial charge on any atom is 0.323 e. The fourth-order valence-corrected chi connectivity index (χ4v) is 5.08. The van der Waals surface area contributed by atoms with Gasteiger partial charge in [0.2, 0.25) is 5.91 Å². The summed E-state index contributed by atoms with van der Waals surface area (Å²) in [6, 6.07) is 17.7. The van der Waals surface area contributed by atoms with Gasteiger partial charge in [-0.25, -0.2) is 4.79 Å². The molecule has 33 heavy (non-hydrogen) atoms. The Morgan fingerprint density at radius 1 is 1.09 bits per heavy atom. The van der Waals surface area contributed by atoms with E-state index >= 15 is 0 Å². The van der Waals surface area contributed by atoms with Crippen molar-refractivity contribution in [3.63, 3.8) is 0 Å². The maximum absolute atomic E-state index is 12.8. The number of nitrogens with one attached hydrogen (secondary N) is 2. The van der Waals surface area contributed by atoms with Gasteiger partial charge in [-0.3, -0.25) is 9.69 Å². The molecule has 9 heteroatoms. The first kappa shape index (κ1) is 23.3. The molecule has 2 N–H and O–H groups in total. The highest BCUT2D eigenvalue weighted by Gasteiger charge is 2.35. The third-order valence-electron chi connectivity index (χ3n) is 5.09. The number of halogens is 2. The lowest BCUT2D eigenvalue weighted by Crippen LogP contribution is -2.28. The monoisotopic (exact) mass is 501 g/mol. The van der Waals surface area contributed by atoms with Gasteiger partial charge >= 0.3 is 6.03 Å². The molecule has 1 aliphatic heterocycles. The number of anilines is 3. The van der Waals surface area contributed by atoms with Crippen LogP contribution in [-0.4, -0.2) is 24.8 Å². The van der Waals surface area contributed by atoms with E-state index in [-0.39, 0.29) is 16.3 Å². The average molecular weight is 502 g/mol. The molecule has 1 heterocycles. The Morgan fingerprint density at radius 3 is 2.67 bits per heavy atom. The number of urea groups is 1. The number of hydrogen-bond acceptors (Lipinski definition) is 4. The molecule has 3 aromatic carbocycles. The highest BCUT2D eigenvalue weighted by molar-refractivity contribution is 8.00. The van der Waals surface area contributed by atoms with E-state index in [2.05, 4.69) is 10.6 Å². The second kappa shape index (κ2) is 9.95. The number of methoxy groups -OCH3 is 1. The fraction of sp³-hybridized carbons (Fsp3) is 0.167. The molecule has 1 unspecified atom stereocenters. The molecular weight excluding hydrogens is 481 g/mol. The standard InChI is InChI=1S/C24H21Cl2N3O3S/c1-14-9-10-20(32-2)19(11-14)29-21(30)13-33-23(29)15-5-3-6-16(12-15)27-24(31)28-18-8-4-7-17(25)22(18)26/h3-12,23H,13H2,1-2H3,(H2,27,28,31). The molecule has 0 bridgehead atoms. The number of rotatable bonds is 5. The molecule has 1 atom stereocenters. The molecule has 1 saturated heterocycles. The smallest absolute Gasteiger partial charge is 0.323 e. The molecule has 3 amide bonds. The van der Waals surface area contributed by atoms with Crippen LogP contribution in [0.2, 0.25) is 10.0 Å². The van der Waals surface area contributed by atoms with Crippen LogP contribution in [0.5, 0.6) is 5.75 Å². The van der Waals surface area contributed by atoms with Gasteiger partial charge in [0.1, 0.15) is 11.1 Å². The van der Waals surface area contributed by atoms with E-state index in [9.17, 15) is 9.59 Å². The van der Waals surface area contributed by atoms with Gasteiger partial charge in [-0.05, 0) is 54.4 Å². The van der Waals surface area contributed by atoms with Crippen molar-refractivity contribution < 1.29 is 14.3 Å². The van der Waals surface area contributed by atoms with Crippen LogP contribution in [0.25, 0.3) is 0 Å². The van der Waals surface area contributed by atoms with E-state index in [4.69, 9.17) is 27.9 Å². The zero-order valence-electron chi connectivity index (χ0n) is 17.9. The van der Waals surface area contributed by atoms with Crippen molar-refractivity contribution in [3.8, 4) is 5.75 Å². The first-order valence-corrected chi connectivity index (χ1v) is 11.9. The van der Waals surface area contributed by atoms with Gasteiger partial charge in [0.15, 0.2) is 0 Å². The van der Waals surface area contributed by atoms with Crippen LogP contribution in [0.4, 0.5) is 21.9 Å². The van der Waals surface area contributed by atoms with Crippen LogP contribution >= 0.6 is 35.0 Å². The Hall–Kier alpha value is -2.87. The van der Waals surface area contributed by atoms with E-state index in [1.807, 2.05) is 43.3 Å². The minimum Gasteiger partial charge on any atom is -0.495 e. The van der Waals surface area contributed by atoms with Gasteiger partial charge < -0.3 is 15.4 Å². The summed E-state index contributed by atoms with van der Waals surface area (Å²) >= 11 is 13.7. The maximum atomic E-state index is 12.8. The largest absolute Gasteiger partial charge is 0.495 e. The SMILES string of the molecule is COc1ccc(C)cc1N1C(=O)CSC1c1cccc(NC(=O)Nc2cccc(Cl)c2Cl)c1. The summed E-state index contributed by atoms with van der Waals surface area (Å²) in [6.07, 6.45) is 0. The van der Waals surface area contributed by atoms with Gasteiger partial charge in [-0.15, -0.1) is 11.8 Å². The minimum atomic E-state index is -0.455. The summed E-state index contributed by atoms with van der Waals surface area (Å²) in [4.78, 5) is 27.1. The van der Waals surface area contributed by atoms with Crippen LogP contribution < -0.4 is 20.3 Å². The molecule has 1 fully saturated rings. The van der Waals surface area contributed by atoms with Crippen LogP contribution in [0, 0.1) is 6.92 Å². The predicted molar refractivity (Wildman–Crippen MR) is 136 cm³/mol. The third kappa shape index (κ3) is 5.05. The number of carbonyl (C=O) groups is 2. The Labute approximate surface area is 206 Å². The molecule has 4 rings (SSSR count). The number of amides is 3. The Balaban J connectivity index is 1.57. The minimum absolute atomic E-state index is 0.000559. The topological polar surface area (TPSA) is 70.7 Å². The lowest BCUT2D eigenvalue weighted by molar-refractivity contribution is -0.115. The van der Waals surface area contributed by atoms with Gasteiger partial charge in [0, 0.05) is 5.69 Å². The van der Waals surface area contributed by atoms with Crippen molar-refractivity contribution >= 4 is 64.0 Å². The van der Waals surface area contributed by atoms with E-state index in [1.165, 1.54) is 11.8 Å². The van der Waals surface area contributed by atoms with Crippen LogP contribution in [0.1, 0.15) is 16.5 Å². The number of nitrogens with zero attached hydrogens (tertiary/aromatic N) is 1. The fourth-order valence-electron chi connectivity index (χ4n) is 3.57. The van der Waals surface area contributed by atoms with E-state index < -0.39 is 6.03 Å². The Bertz CT molecular complexity index is 1220. The van der Waals surface area contributed by atoms with Crippen molar-refractivity contribution in [2.75, 3.05) is 28.4 Å². The Morgan fingerprint density at radius 2 is 1.88 bits per heavy atom. The molecule has 0 aromatic heterocycles. The summed E-state index contributed by atoms with van der Waals surface area (Å²) < 4.78 is 5.51. The molecule has 0 saturated carbocycles. The second-order valence-electron chi connectivity index (χ2n) is 7.41. The highest BCUT2D eigenvalue weighted by atomic mass is 35.5. The van der Waals surface area contributed by atoms with E-state index in [0.29, 0.717) is 27.9 Å². The van der Waals surface area contributed by atoms with Crippen molar-refractivity contribution in [1.29, 1.82) is 0 Å². The molecule has 0 spiro atoms. The summed E-state index contributed by atoms with van der Waals surface area (Å²) in [7, 11) is 1.59. The molecule has 0 aliphatic carbocycles. The van der Waals surface area contributed by atoms with Crippen LogP contribution in [0.3, 0.4) is 0 Å². The van der Waals surface area contributed by atoms with Crippen molar-refractivity contribution in [3.05, 3.63) is 81.8 Å². The van der Waals surface area contributed by atoms with Crippen LogP contribution in [0.15, 0.2) is 60.7 Å². The van der Waals surface area contributed by atoms with Gasteiger partial charge in [-0.2, -0.15) is 0 Å². The number of hydrogen-bond donors (Lipinski definition) is 2. The number of ether oxygens (including phenoxy) is 1. The number of aryl methyl sites for hydroxylation is 1. The first-order valence-electron chi connectivity index (χ1n) is 10.1. The lowest BCUT2D eigenvalue weighted by atomic mass is 10.1. The van der Waals surface area contributed by atoms with Crippen molar-refractivity contribution in [2.24, 2.45) is 0 Å². The summed E-state index contributed by atoms with van der Waals surface area (Å²) in [5.41, 5.74) is 3.63. The first-order chi connectivity index (χ1) is 15.9. The zero-order valence-corrected chi connectivity index (χ0v) is 20.2. The quantitative estimate of drug-likeness (QED) is 0.406. The lowest BCUT2D eigenvalue weighted by Gasteiger charge is -2.26. The van der Waals surface area contributed by atoms with Crippen molar-refractivity contribution in [2.45, 2.75) is 12.3 Å². The summed E-state index contributed by atoms with van der Waals surface area (Å²) in [5, 5.41) is 5.88. The number of thioether (sulfide) groups is 1. The average Bonchev–Trinajstić information content (AvgIpc) is 3.18. The molecule has 1 aliphatic rings. The summed E-state index contributed by atoms with van der Waals surface area (Å²) in [5.74, 6) is 0.988. The van der Waals surface area contributed by atoms with Gasteiger partial charge in [0.05, 0.1) is 34.3 Å². The normalized spacial score (nSPS) is 15.5. The van der Waals surface area contributed by atoms with Gasteiger partial charge in [0.25, 0.3) is 0 Å². The molecule has 0 radical (unpaired) electrons. The van der Waals surface area contributed by atoms with Crippen LogP contribution in [-0.2, 0) is 4.79 Å². The van der Waals surface area contributed by atoms with E-state index in [1.54, 1.807) is 36.3 Å². The second-order valence-corrected chi connectivity index (χ2v) is 9.26. The molecule has 6 nitrogen and oxygen atoms in total. The number of benzene rings is 3.